The summed E-state index contributed by atoms with van der Waals surface area (Å²) in [5.74, 6) is -0.420. The lowest BCUT2D eigenvalue weighted by Gasteiger charge is -2.20. The monoisotopic (exact) mass is 412 g/mol. The lowest BCUT2D eigenvalue weighted by atomic mass is 10.1. The van der Waals surface area contributed by atoms with Gasteiger partial charge in [-0.05, 0) is 36.8 Å². The van der Waals surface area contributed by atoms with E-state index in [0.29, 0.717) is 11.0 Å². The molecule has 31 heavy (non-hydrogen) atoms. The molecule has 0 bridgehead atoms. The summed E-state index contributed by atoms with van der Waals surface area (Å²) in [5, 5.41) is 0.146. The second kappa shape index (κ2) is 7.32. The van der Waals surface area contributed by atoms with Crippen LogP contribution in [0.4, 0.5) is 4.39 Å². The molecule has 5 nitrogen and oxygen atoms in total. The Morgan fingerprint density at radius 2 is 1.58 bits per heavy atom. The normalized spacial score (nSPS) is 12.3. The summed E-state index contributed by atoms with van der Waals surface area (Å²) in [6.07, 6.45) is 0. The van der Waals surface area contributed by atoms with E-state index in [1.807, 2.05) is 37.3 Å². The fourth-order valence-corrected chi connectivity index (χ4v) is 3.84. The van der Waals surface area contributed by atoms with Gasteiger partial charge in [0, 0.05) is 0 Å². The number of nitrogens with zero attached hydrogens (tertiary/aromatic N) is 2. The van der Waals surface area contributed by atoms with Gasteiger partial charge in [-0.15, -0.1) is 0 Å². The first-order valence-electron chi connectivity index (χ1n) is 9.84. The highest BCUT2D eigenvalue weighted by molar-refractivity contribution is 5.88. The van der Waals surface area contributed by atoms with Gasteiger partial charge < -0.3 is 4.42 Å². The van der Waals surface area contributed by atoms with E-state index in [1.165, 1.54) is 10.6 Å². The van der Waals surface area contributed by atoms with E-state index in [9.17, 15) is 14.0 Å². The maximum absolute atomic E-state index is 14.7. The van der Waals surface area contributed by atoms with Crippen LogP contribution in [0.1, 0.15) is 18.5 Å². The topological polar surface area (TPSA) is 65.1 Å². The van der Waals surface area contributed by atoms with Gasteiger partial charge in [-0.1, -0.05) is 54.6 Å². The molecule has 0 aliphatic carbocycles. The standard InChI is InChI=1S/C25H17FN2O3/c1-15(16-9-3-2-4-10-16)28-23(17-11-5-7-13-19(17)26)27-24-21(25(28)30)22(29)18-12-6-8-14-20(18)31-24/h2-15H,1H3/t15-/m1/s1. The minimum atomic E-state index is -0.570. The summed E-state index contributed by atoms with van der Waals surface area (Å²) >= 11 is 0. The van der Waals surface area contributed by atoms with Gasteiger partial charge in [0.1, 0.15) is 17.2 Å². The Hall–Kier alpha value is -4.06. The van der Waals surface area contributed by atoms with Crippen molar-refractivity contribution in [1.29, 1.82) is 0 Å². The zero-order valence-corrected chi connectivity index (χ0v) is 16.6. The Morgan fingerprint density at radius 1 is 0.903 bits per heavy atom. The van der Waals surface area contributed by atoms with Crippen LogP contribution in [0.25, 0.3) is 33.5 Å². The molecule has 2 heterocycles. The predicted molar refractivity (Wildman–Crippen MR) is 118 cm³/mol. The molecular weight excluding hydrogens is 395 g/mol. The summed E-state index contributed by atoms with van der Waals surface area (Å²) < 4.78 is 21.9. The van der Waals surface area contributed by atoms with Crippen molar-refractivity contribution in [3.63, 3.8) is 0 Å². The first kappa shape index (κ1) is 18.9. The van der Waals surface area contributed by atoms with Crippen LogP contribution in [0.2, 0.25) is 0 Å². The number of halogens is 1. The molecule has 0 unspecified atom stereocenters. The van der Waals surface area contributed by atoms with Crippen molar-refractivity contribution in [1.82, 2.24) is 9.55 Å². The molecule has 5 aromatic rings. The molecule has 0 saturated carbocycles. The van der Waals surface area contributed by atoms with E-state index < -0.39 is 22.8 Å². The molecule has 3 aromatic carbocycles. The van der Waals surface area contributed by atoms with Crippen molar-refractivity contribution in [2.24, 2.45) is 0 Å². The zero-order chi connectivity index (χ0) is 21.5. The number of hydrogen-bond donors (Lipinski definition) is 0. The first-order valence-corrected chi connectivity index (χ1v) is 9.84. The summed E-state index contributed by atoms with van der Waals surface area (Å²) in [7, 11) is 0. The zero-order valence-electron chi connectivity index (χ0n) is 16.6. The number of rotatable bonds is 3. The molecule has 0 aliphatic rings. The van der Waals surface area contributed by atoms with Crippen LogP contribution >= 0.6 is 0 Å². The molecule has 0 aliphatic heterocycles. The Kier molecular flexibility index (Phi) is 4.47. The van der Waals surface area contributed by atoms with Gasteiger partial charge in [-0.3, -0.25) is 14.2 Å². The van der Waals surface area contributed by atoms with Crippen molar-refractivity contribution in [3.8, 4) is 11.4 Å². The Bertz CT molecular complexity index is 1560. The van der Waals surface area contributed by atoms with Gasteiger partial charge in [0.2, 0.25) is 11.1 Å². The molecule has 152 valence electrons. The number of para-hydroxylation sites is 1. The fourth-order valence-electron chi connectivity index (χ4n) is 3.84. The van der Waals surface area contributed by atoms with E-state index >= 15 is 0 Å². The summed E-state index contributed by atoms with van der Waals surface area (Å²) in [4.78, 5) is 31.3. The highest BCUT2D eigenvalue weighted by atomic mass is 19.1. The van der Waals surface area contributed by atoms with Gasteiger partial charge in [-0.25, -0.2) is 4.39 Å². The van der Waals surface area contributed by atoms with Crippen LogP contribution < -0.4 is 11.0 Å². The highest BCUT2D eigenvalue weighted by Crippen LogP contribution is 2.27. The predicted octanol–water partition coefficient (Wildman–Crippen LogP) is 4.92. The third kappa shape index (κ3) is 3.04. The van der Waals surface area contributed by atoms with Crippen molar-refractivity contribution in [2.75, 3.05) is 0 Å². The molecule has 0 amide bonds. The van der Waals surface area contributed by atoms with Crippen LogP contribution in [-0.4, -0.2) is 9.55 Å². The molecular formula is C25H17FN2O3. The third-order valence-electron chi connectivity index (χ3n) is 5.43. The Morgan fingerprint density at radius 3 is 2.35 bits per heavy atom. The van der Waals surface area contributed by atoms with Gasteiger partial charge in [0.25, 0.3) is 5.56 Å². The molecule has 1 atom stereocenters. The number of aromatic nitrogens is 2. The summed E-state index contributed by atoms with van der Waals surface area (Å²) in [5.41, 5.74) is 0.167. The average Bonchev–Trinajstić information content (AvgIpc) is 2.79. The van der Waals surface area contributed by atoms with Crippen molar-refractivity contribution in [2.45, 2.75) is 13.0 Å². The molecule has 0 N–H and O–H groups in total. The molecule has 5 rings (SSSR count). The Balaban J connectivity index is 1.94. The molecule has 0 fully saturated rings. The Labute approximate surface area is 176 Å². The lowest BCUT2D eigenvalue weighted by molar-refractivity contribution is 0.588. The van der Waals surface area contributed by atoms with Crippen LogP contribution in [0.5, 0.6) is 0 Å². The number of fused-ring (bicyclic) bond motifs is 2. The van der Waals surface area contributed by atoms with Crippen LogP contribution in [0.3, 0.4) is 0 Å². The van der Waals surface area contributed by atoms with Crippen LogP contribution in [-0.2, 0) is 0 Å². The van der Waals surface area contributed by atoms with Gasteiger partial charge >= 0.3 is 0 Å². The van der Waals surface area contributed by atoms with E-state index in [2.05, 4.69) is 4.98 Å². The minimum absolute atomic E-state index is 0.102. The summed E-state index contributed by atoms with van der Waals surface area (Å²) in [6.45, 7) is 1.82. The quantitative estimate of drug-likeness (QED) is 0.395. The van der Waals surface area contributed by atoms with Crippen molar-refractivity contribution < 1.29 is 8.81 Å². The average molecular weight is 412 g/mol. The SMILES string of the molecule is C[C@H](c1ccccc1)n1c(-c2ccccc2F)nc2oc3ccccc3c(=O)c2c1=O. The van der Waals surface area contributed by atoms with Crippen molar-refractivity contribution in [3.05, 3.63) is 111 Å². The molecule has 0 spiro atoms. The maximum atomic E-state index is 14.7. The van der Waals surface area contributed by atoms with E-state index in [-0.39, 0.29) is 22.5 Å². The second-order valence-corrected chi connectivity index (χ2v) is 7.28. The molecule has 0 saturated heterocycles. The van der Waals surface area contributed by atoms with Gasteiger partial charge in [0.05, 0.1) is 17.0 Å². The van der Waals surface area contributed by atoms with Crippen LogP contribution in [0.15, 0.2) is 92.9 Å². The maximum Gasteiger partial charge on any atom is 0.269 e. The highest BCUT2D eigenvalue weighted by Gasteiger charge is 2.23. The van der Waals surface area contributed by atoms with E-state index in [0.717, 1.165) is 5.56 Å². The van der Waals surface area contributed by atoms with E-state index in [1.54, 1.807) is 42.5 Å². The minimum Gasteiger partial charge on any atom is -0.437 e. The molecule has 6 heteroatoms. The van der Waals surface area contributed by atoms with Gasteiger partial charge in [-0.2, -0.15) is 4.98 Å². The largest absolute Gasteiger partial charge is 0.437 e. The molecule has 2 aromatic heterocycles. The fraction of sp³-hybridized carbons (Fsp3) is 0.0800. The number of hydrogen-bond acceptors (Lipinski definition) is 4. The van der Waals surface area contributed by atoms with Gasteiger partial charge in [0.15, 0.2) is 5.39 Å². The van der Waals surface area contributed by atoms with Crippen LogP contribution in [0, 0.1) is 5.82 Å². The second-order valence-electron chi connectivity index (χ2n) is 7.28. The molecule has 0 radical (unpaired) electrons. The first-order chi connectivity index (χ1) is 15.1. The van der Waals surface area contributed by atoms with Crippen molar-refractivity contribution >= 4 is 22.1 Å². The lowest BCUT2D eigenvalue weighted by Crippen LogP contribution is -2.30. The van der Waals surface area contributed by atoms with E-state index in [4.69, 9.17) is 4.42 Å². The smallest absolute Gasteiger partial charge is 0.269 e. The number of benzene rings is 3. The summed E-state index contributed by atoms with van der Waals surface area (Å²) in [6, 6.07) is 21.6. The third-order valence-corrected chi connectivity index (χ3v) is 5.43.